The molecule has 2 aliphatic rings. The third kappa shape index (κ3) is 1.83. The summed E-state index contributed by atoms with van der Waals surface area (Å²) in [6.45, 7) is 1.36. The molecular weight excluding hydrogens is 304 g/mol. The van der Waals surface area contributed by atoms with Crippen LogP contribution in [0.25, 0.3) is 0 Å². The molecule has 0 unspecified atom stereocenters. The molecular formula is C11H13BrN2O2S. The van der Waals surface area contributed by atoms with Gasteiger partial charge in [-0.05, 0) is 34.5 Å². The second-order valence-corrected chi connectivity index (χ2v) is 7.21. The molecule has 2 saturated heterocycles. The molecule has 17 heavy (non-hydrogen) atoms. The first-order chi connectivity index (χ1) is 8.09. The van der Waals surface area contributed by atoms with Crippen LogP contribution in [0.15, 0.2) is 33.6 Å². The second-order valence-electron chi connectivity index (χ2n) is 4.50. The molecule has 0 aliphatic carbocycles. The van der Waals surface area contributed by atoms with E-state index < -0.39 is 10.0 Å². The molecule has 0 saturated carbocycles. The van der Waals surface area contributed by atoms with E-state index in [1.165, 1.54) is 0 Å². The molecule has 0 spiro atoms. The van der Waals surface area contributed by atoms with E-state index in [0.29, 0.717) is 22.0 Å². The van der Waals surface area contributed by atoms with Crippen molar-refractivity contribution in [1.29, 1.82) is 0 Å². The number of benzene rings is 1. The number of fused-ring (bicyclic) bond motifs is 2. The number of hydrogen-bond donors (Lipinski definition) is 1. The van der Waals surface area contributed by atoms with Crippen molar-refractivity contribution in [3.05, 3.63) is 28.7 Å². The molecule has 1 N–H and O–H groups in total. The van der Waals surface area contributed by atoms with Gasteiger partial charge in [0, 0.05) is 29.6 Å². The Labute approximate surface area is 109 Å². The van der Waals surface area contributed by atoms with E-state index in [1.807, 2.05) is 6.07 Å². The van der Waals surface area contributed by atoms with Crippen LogP contribution in [0.2, 0.25) is 0 Å². The van der Waals surface area contributed by atoms with Crippen molar-refractivity contribution in [2.45, 2.75) is 23.4 Å². The predicted octanol–water partition coefficient (Wildman–Crippen LogP) is 1.18. The zero-order valence-corrected chi connectivity index (χ0v) is 11.5. The summed E-state index contributed by atoms with van der Waals surface area (Å²) in [7, 11) is -3.35. The monoisotopic (exact) mass is 316 g/mol. The number of piperazine rings is 1. The third-order valence-corrected chi connectivity index (χ3v) is 6.36. The zero-order valence-electron chi connectivity index (χ0n) is 9.14. The van der Waals surface area contributed by atoms with Gasteiger partial charge in [-0.25, -0.2) is 8.42 Å². The minimum atomic E-state index is -3.35. The number of rotatable bonds is 2. The van der Waals surface area contributed by atoms with Gasteiger partial charge in [-0.3, -0.25) is 0 Å². The molecule has 0 amide bonds. The highest BCUT2D eigenvalue weighted by Gasteiger charge is 2.44. The number of hydrogen-bond acceptors (Lipinski definition) is 3. The molecule has 6 heteroatoms. The van der Waals surface area contributed by atoms with Crippen LogP contribution in [0, 0.1) is 0 Å². The smallest absolute Gasteiger partial charge is 0.244 e. The SMILES string of the molecule is O=S(=O)(c1ccccc1Br)N1C[C@H]2C[C@@H]1CN2. The highest BCUT2D eigenvalue weighted by atomic mass is 79.9. The fourth-order valence-corrected chi connectivity index (χ4v) is 5.24. The van der Waals surface area contributed by atoms with Crippen molar-refractivity contribution in [3.63, 3.8) is 0 Å². The highest BCUT2D eigenvalue weighted by molar-refractivity contribution is 9.10. The Hall–Kier alpha value is -0.430. The van der Waals surface area contributed by atoms with E-state index in [4.69, 9.17) is 0 Å². The lowest BCUT2D eigenvalue weighted by atomic mass is 10.2. The van der Waals surface area contributed by atoms with Gasteiger partial charge in [0.25, 0.3) is 0 Å². The largest absolute Gasteiger partial charge is 0.311 e. The minimum absolute atomic E-state index is 0.122. The normalized spacial score (nSPS) is 28.8. The highest BCUT2D eigenvalue weighted by Crippen LogP contribution is 2.32. The predicted molar refractivity (Wildman–Crippen MR) is 68.2 cm³/mol. The number of nitrogens with one attached hydrogen (secondary N) is 1. The molecule has 0 radical (unpaired) electrons. The quantitative estimate of drug-likeness (QED) is 0.891. The van der Waals surface area contributed by atoms with Crippen LogP contribution in [0.3, 0.4) is 0 Å². The van der Waals surface area contributed by atoms with Gasteiger partial charge in [0.1, 0.15) is 0 Å². The van der Waals surface area contributed by atoms with Gasteiger partial charge in [-0.2, -0.15) is 4.31 Å². The molecule has 92 valence electrons. The Balaban J connectivity index is 2.00. The summed E-state index contributed by atoms with van der Waals surface area (Å²) in [4.78, 5) is 0.368. The van der Waals surface area contributed by atoms with Crippen molar-refractivity contribution in [3.8, 4) is 0 Å². The summed E-state index contributed by atoms with van der Waals surface area (Å²) in [6.07, 6.45) is 0.934. The van der Waals surface area contributed by atoms with Crippen molar-refractivity contribution in [1.82, 2.24) is 9.62 Å². The standard InChI is InChI=1S/C11H13BrN2O2S/c12-10-3-1-2-4-11(10)17(15,16)14-7-8-5-9(14)6-13-8/h1-4,8-9,13H,5-7H2/t8-,9-/m1/s1. The molecule has 1 aromatic carbocycles. The fourth-order valence-electron chi connectivity index (χ4n) is 2.60. The minimum Gasteiger partial charge on any atom is -0.311 e. The van der Waals surface area contributed by atoms with Crippen molar-refractivity contribution < 1.29 is 8.42 Å². The van der Waals surface area contributed by atoms with E-state index in [-0.39, 0.29) is 6.04 Å². The van der Waals surface area contributed by atoms with Crippen molar-refractivity contribution in [2.75, 3.05) is 13.1 Å². The summed E-state index contributed by atoms with van der Waals surface area (Å²) < 4.78 is 27.3. The van der Waals surface area contributed by atoms with Crippen LogP contribution >= 0.6 is 15.9 Å². The van der Waals surface area contributed by atoms with Gasteiger partial charge in [0.2, 0.25) is 10.0 Å². The first-order valence-corrected chi connectivity index (χ1v) is 7.82. The fraction of sp³-hybridized carbons (Fsp3) is 0.455. The average molecular weight is 317 g/mol. The lowest BCUT2D eigenvalue weighted by Gasteiger charge is -2.26. The van der Waals surface area contributed by atoms with Gasteiger partial charge >= 0.3 is 0 Å². The maximum Gasteiger partial charge on any atom is 0.244 e. The van der Waals surface area contributed by atoms with Crippen LogP contribution in [0.4, 0.5) is 0 Å². The topological polar surface area (TPSA) is 49.4 Å². The molecule has 2 aliphatic heterocycles. The Morgan fingerprint density at radius 1 is 1.35 bits per heavy atom. The van der Waals surface area contributed by atoms with Crippen LogP contribution in [-0.4, -0.2) is 37.9 Å². The van der Waals surface area contributed by atoms with E-state index in [0.717, 1.165) is 13.0 Å². The first-order valence-electron chi connectivity index (χ1n) is 5.59. The molecule has 4 nitrogen and oxygen atoms in total. The summed E-state index contributed by atoms with van der Waals surface area (Å²) in [5.74, 6) is 0. The molecule has 0 aromatic heterocycles. The number of halogens is 1. The van der Waals surface area contributed by atoms with Gasteiger partial charge in [-0.1, -0.05) is 12.1 Å². The van der Waals surface area contributed by atoms with Crippen LogP contribution < -0.4 is 5.32 Å². The summed E-state index contributed by atoms with van der Waals surface area (Å²) >= 11 is 3.31. The van der Waals surface area contributed by atoms with E-state index in [9.17, 15) is 8.42 Å². The summed E-state index contributed by atoms with van der Waals surface area (Å²) in [6, 6.07) is 7.44. The second kappa shape index (κ2) is 4.05. The lowest BCUT2D eigenvalue weighted by Crippen LogP contribution is -2.46. The third-order valence-electron chi connectivity index (χ3n) is 3.43. The molecule has 2 fully saturated rings. The van der Waals surface area contributed by atoms with Crippen molar-refractivity contribution >= 4 is 26.0 Å². The van der Waals surface area contributed by atoms with E-state index >= 15 is 0 Å². The lowest BCUT2D eigenvalue weighted by molar-refractivity contribution is 0.348. The summed E-state index contributed by atoms with van der Waals surface area (Å²) in [5, 5.41) is 3.31. The Kier molecular flexibility index (Phi) is 2.77. The zero-order chi connectivity index (χ0) is 12.0. The van der Waals surface area contributed by atoms with Gasteiger partial charge < -0.3 is 5.32 Å². The van der Waals surface area contributed by atoms with Crippen LogP contribution in [0.5, 0.6) is 0 Å². The molecule has 2 bridgehead atoms. The van der Waals surface area contributed by atoms with Gasteiger partial charge in [-0.15, -0.1) is 0 Å². The molecule has 2 heterocycles. The molecule has 2 atom stereocenters. The maximum absolute atomic E-state index is 12.5. The number of nitrogens with zero attached hydrogens (tertiary/aromatic N) is 1. The Morgan fingerprint density at radius 2 is 2.12 bits per heavy atom. The van der Waals surface area contributed by atoms with Crippen LogP contribution in [-0.2, 0) is 10.0 Å². The maximum atomic E-state index is 12.5. The molecule has 3 rings (SSSR count). The van der Waals surface area contributed by atoms with Gasteiger partial charge in [0.05, 0.1) is 4.90 Å². The first kappa shape index (κ1) is 11.6. The van der Waals surface area contributed by atoms with E-state index in [1.54, 1.807) is 22.5 Å². The van der Waals surface area contributed by atoms with E-state index in [2.05, 4.69) is 21.2 Å². The number of sulfonamides is 1. The Bertz CT molecular complexity index is 546. The summed E-state index contributed by atoms with van der Waals surface area (Å²) in [5.41, 5.74) is 0. The Morgan fingerprint density at radius 3 is 2.71 bits per heavy atom. The average Bonchev–Trinajstić information content (AvgIpc) is 2.91. The van der Waals surface area contributed by atoms with Gasteiger partial charge in [0.15, 0.2) is 0 Å². The molecule has 1 aromatic rings. The van der Waals surface area contributed by atoms with Crippen LogP contribution in [0.1, 0.15) is 6.42 Å². The van der Waals surface area contributed by atoms with Crippen molar-refractivity contribution in [2.24, 2.45) is 0 Å².